The van der Waals surface area contributed by atoms with Crippen molar-refractivity contribution in [3.05, 3.63) is 35.6 Å². The fourth-order valence-corrected chi connectivity index (χ4v) is 4.12. The van der Waals surface area contributed by atoms with E-state index in [0.717, 1.165) is 25.2 Å². The standard InChI is InChI=1S/C17H25FN2/c1-14(15-7-3-4-8-16(15)18)20-12-11-19-13-17(20)9-5-2-6-10-17/h3-4,7-8,14,19H,2,5-6,9-13H2,1H3. The van der Waals surface area contributed by atoms with Crippen molar-refractivity contribution in [1.29, 1.82) is 0 Å². The largest absolute Gasteiger partial charge is 0.314 e. The third-order valence-corrected chi connectivity index (χ3v) is 5.20. The Labute approximate surface area is 121 Å². The average molecular weight is 276 g/mol. The molecule has 1 aliphatic heterocycles. The van der Waals surface area contributed by atoms with Crippen LogP contribution < -0.4 is 5.32 Å². The highest BCUT2D eigenvalue weighted by Gasteiger charge is 2.42. The lowest BCUT2D eigenvalue weighted by atomic mass is 9.78. The SMILES string of the molecule is CC(c1ccccc1F)N1CCNCC12CCCCC2. The van der Waals surface area contributed by atoms with Crippen molar-refractivity contribution in [2.24, 2.45) is 0 Å². The van der Waals surface area contributed by atoms with Gasteiger partial charge < -0.3 is 5.32 Å². The maximum atomic E-state index is 14.1. The van der Waals surface area contributed by atoms with E-state index < -0.39 is 0 Å². The summed E-state index contributed by atoms with van der Waals surface area (Å²) in [5, 5.41) is 3.56. The fraction of sp³-hybridized carbons (Fsp3) is 0.647. The summed E-state index contributed by atoms with van der Waals surface area (Å²) in [6.45, 7) is 5.27. The van der Waals surface area contributed by atoms with Crippen LogP contribution in [-0.2, 0) is 0 Å². The smallest absolute Gasteiger partial charge is 0.127 e. The van der Waals surface area contributed by atoms with Crippen LogP contribution >= 0.6 is 0 Å². The Kier molecular flexibility index (Phi) is 4.08. The molecule has 0 bridgehead atoms. The third kappa shape index (κ3) is 2.49. The molecule has 1 saturated carbocycles. The second-order valence-corrected chi connectivity index (χ2v) is 6.35. The van der Waals surface area contributed by atoms with Gasteiger partial charge in [0.25, 0.3) is 0 Å². The summed E-state index contributed by atoms with van der Waals surface area (Å²) in [5.41, 5.74) is 1.09. The molecular weight excluding hydrogens is 251 g/mol. The van der Waals surface area contributed by atoms with Crippen LogP contribution in [0, 0.1) is 5.82 Å². The quantitative estimate of drug-likeness (QED) is 0.889. The minimum absolute atomic E-state index is 0.0653. The molecule has 2 fully saturated rings. The molecule has 1 N–H and O–H groups in total. The molecule has 0 amide bonds. The second-order valence-electron chi connectivity index (χ2n) is 6.35. The Hall–Kier alpha value is -0.930. The summed E-state index contributed by atoms with van der Waals surface area (Å²) in [5.74, 6) is -0.0653. The number of rotatable bonds is 2. The zero-order valence-corrected chi connectivity index (χ0v) is 12.4. The summed E-state index contributed by atoms with van der Waals surface area (Å²) in [6, 6.07) is 7.42. The molecule has 0 radical (unpaired) electrons. The fourth-order valence-electron chi connectivity index (χ4n) is 4.12. The van der Waals surface area contributed by atoms with Gasteiger partial charge >= 0.3 is 0 Å². The molecule has 1 unspecified atom stereocenters. The van der Waals surface area contributed by atoms with Crippen LogP contribution in [0.3, 0.4) is 0 Å². The van der Waals surface area contributed by atoms with E-state index in [1.807, 2.05) is 12.1 Å². The van der Waals surface area contributed by atoms with E-state index in [1.165, 1.54) is 32.1 Å². The summed E-state index contributed by atoms with van der Waals surface area (Å²) in [7, 11) is 0. The zero-order chi connectivity index (χ0) is 14.0. The highest BCUT2D eigenvalue weighted by molar-refractivity contribution is 5.22. The van der Waals surface area contributed by atoms with Crippen molar-refractivity contribution in [1.82, 2.24) is 10.2 Å². The summed E-state index contributed by atoms with van der Waals surface area (Å²) >= 11 is 0. The van der Waals surface area contributed by atoms with E-state index in [4.69, 9.17) is 0 Å². The first-order valence-electron chi connectivity index (χ1n) is 7.95. The number of hydrogen-bond acceptors (Lipinski definition) is 2. The molecule has 3 rings (SSSR count). The van der Waals surface area contributed by atoms with E-state index in [9.17, 15) is 4.39 Å². The third-order valence-electron chi connectivity index (χ3n) is 5.20. The normalized spacial score (nSPS) is 24.7. The number of hydrogen-bond donors (Lipinski definition) is 1. The van der Waals surface area contributed by atoms with Gasteiger partial charge in [0.2, 0.25) is 0 Å². The summed E-state index contributed by atoms with van der Waals surface area (Å²) in [4.78, 5) is 2.57. The predicted octanol–water partition coefficient (Wildman–Crippen LogP) is 3.49. The molecule has 1 saturated heterocycles. The highest BCUT2D eigenvalue weighted by atomic mass is 19.1. The Morgan fingerprint density at radius 1 is 1.20 bits per heavy atom. The Balaban J connectivity index is 1.88. The minimum Gasteiger partial charge on any atom is -0.314 e. The van der Waals surface area contributed by atoms with E-state index in [1.54, 1.807) is 12.1 Å². The van der Waals surface area contributed by atoms with E-state index in [-0.39, 0.29) is 17.4 Å². The van der Waals surface area contributed by atoms with Crippen LogP contribution in [0.4, 0.5) is 4.39 Å². The molecule has 0 aromatic heterocycles. The molecule has 1 aliphatic carbocycles. The van der Waals surface area contributed by atoms with Gasteiger partial charge in [-0.3, -0.25) is 4.90 Å². The summed E-state index contributed by atoms with van der Waals surface area (Å²) < 4.78 is 14.1. The lowest BCUT2D eigenvalue weighted by Crippen LogP contribution is -2.62. The van der Waals surface area contributed by atoms with Gasteiger partial charge in [0.15, 0.2) is 0 Å². The molecule has 1 atom stereocenters. The summed E-state index contributed by atoms with van der Waals surface area (Å²) in [6.07, 6.45) is 6.46. The molecule has 1 aromatic rings. The molecule has 1 heterocycles. The Morgan fingerprint density at radius 3 is 2.70 bits per heavy atom. The van der Waals surface area contributed by atoms with Crippen molar-refractivity contribution in [3.8, 4) is 0 Å². The van der Waals surface area contributed by atoms with Crippen molar-refractivity contribution >= 4 is 0 Å². The van der Waals surface area contributed by atoms with Crippen molar-refractivity contribution in [2.75, 3.05) is 19.6 Å². The second kappa shape index (κ2) is 5.82. The van der Waals surface area contributed by atoms with Gasteiger partial charge in [0.1, 0.15) is 5.82 Å². The van der Waals surface area contributed by atoms with Crippen LogP contribution in [0.15, 0.2) is 24.3 Å². The van der Waals surface area contributed by atoms with E-state index >= 15 is 0 Å². The van der Waals surface area contributed by atoms with Crippen LogP contribution in [0.5, 0.6) is 0 Å². The number of benzene rings is 1. The van der Waals surface area contributed by atoms with Crippen LogP contribution in [0.1, 0.15) is 50.6 Å². The first-order chi connectivity index (χ1) is 9.73. The van der Waals surface area contributed by atoms with Gasteiger partial charge in [0.05, 0.1) is 0 Å². The molecule has 1 aromatic carbocycles. The molecule has 2 aliphatic rings. The lowest BCUT2D eigenvalue weighted by molar-refractivity contribution is -0.00373. The monoisotopic (exact) mass is 276 g/mol. The molecule has 1 spiro atoms. The molecule has 110 valence electrons. The highest BCUT2D eigenvalue weighted by Crippen LogP contribution is 2.39. The molecular formula is C17H25FN2. The van der Waals surface area contributed by atoms with Crippen molar-refractivity contribution < 1.29 is 4.39 Å². The lowest BCUT2D eigenvalue weighted by Gasteiger charge is -2.52. The number of halogens is 1. The van der Waals surface area contributed by atoms with Gasteiger partial charge in [-0.25, -0.2) is 4.39 Å². The van der Waals surface area contributed by atoms with Crippen LogP contribution in [-0.4, -0.2) is 30.1 Å². The van der Waals surface area contributed by atoms with Gasteiger partial charge in [0, 0.05) is 36.8 Å². The van der Waals surface area contributed by atoms with Gasteiger partial charge in [-0.15, -0.1) is 0 Å². The maximum absolute atomic E-state index is 14.1. The van der Waals surface area contributed by atoms with Crippen molar-refractivity contribution in [2.45, 2.75) is 50.6 Å². The van der Waals surface area contributed by atoms with E-state index in [0.29, 0.717) is 0 Å². The first kappa shape index (κ1) is 14.0. The predicted molar refractivity (Wildman–Crippen MR) is 80.2 cm³/mol. The number of nitrogens with zero attached hydrogens (tertiary/aromatic N) is 1. The van der Waals surface area contributed by atoms with Gasteiger partial charge in [-0.1, -0.05) is 37.5 Å². The van der Waals surface area contributed by atoms with Crippen LogP contribution in [0.25, 0.3) is 0 Å². The van der Waals surface area contributed by atoms with E-state index in [2.05, 4.69) is 17.1 Å². The van der Waals surface area contributed by atoms with Gasteiger partial charge in [-0.2, -0.15) is 0 Å². The number of piperazine rings is 1. The molecule has 20 heavy (non-hydrogen) atoms. The molecule has 2 nitrogen and oxygen atoms in total. The first-order valence-corrected chi connectivity index (χ1v) is 7.95. The van der Waals surface area contributed by atoms with Gasteiger partial charge in [-0.05, 0) is 25.8 Å². The Morgan fingerprint density at radius 2 is 1.95 bits per heavy atom. The minimum atomic E-state index is -0.0653. The Bertz CT molecular complexity index is 446. The zero-order valence-electron chi connectivity index (χ0n) is 12.4. The topological polar surface area (TPSA) is 15.3 Å². The molecule has 3 heteroatoms. The number of nitrogens with one attached hydrogen (secondary N) is 1. The van der Waals surface area contributed by atoms with Crippen molar-refractivity contribution in [3.63, 3.8) is 0 Å². The average Bonchev–Trinajstić information content (AvgIpc) is 2.48. The van der Waals surface area contributed by atoms with Crippen LogP contribution in [0.2, 0.25) is 0 Å². The maximum Gasteiger partial charge on any atom is 0.127 e.